The zero-order valence-corrected chi connectivity index (χ0v) is 16.8. The SMILES string of the molecule is O=C(/C=C/c1ccc2c(c1)OCCCO2)N1CCC[C@@H]1c1ccc2c(c1)OCCO2. The topological polar surface area (TPSA) is 57.2 Å². The van der Waals surface area contributed by atoms with Gasteiger partial charge in [-0.05, 0) is 54.3 Å². The number of hydrogen-bond acceptors (Lipinski definition) is 5. The van der Waals surface area contributed by atoms with Gasteiger partial charge in [0.15, 0.2) is 23.0 Å². The summed E-state index contributed by atoms with van der Waals surface area (Å²) in [7, 11) is 0. The second-order valence-electron chi connectivity index (χ2n) is 7.68. The number of carbonyl (C=O) groups is 1. The predicted octanol–water partition coefficient (Wildman–Crippen LogP) is 4.00. The molecule has 0 unspecified atom stereocenters. The van der Waals surface area contributed by atoms with Crippen LogP contribution in [0.3, 0.4) is 0 Å². The zero-order chi connectivity index (χ0) is 20.3. The lowest BCUT2D eigenvalue weighted by atomic mass is 10.0. The Kier molecular flexibility index (Phi) is 5.22. The van der Waals surface area contributed by atoms with Crippen molar-refractivity contribution < 1.29 is 23.7 Å². The first-order valence-corrected chi connectivity index (χ1v) is 10.6. The molecule has 1 atom stereocenters. The van der Waals surface area contributed by atoms with Gasteiger partial charge in [0.05, 0.1) is 19.3 Å². The first-order chi connectivity index (χ1) is 14.8. The quantitative estimate of drug-likeness (QED) is 0.720. The number of amides is 1. The molecule has 1 fully saturated rings. The molecule has 30 heavy (non-hydrogen) atoms. The van der Waals surface area contributed by atoms with Crippen molar-refractivity contribution in [1.82, 2.24) is 4.90 Å². The van der Waals surface area contributed by atoms with E-state index >= 15 is 0 Å². The van der Waals surface area contributed by atoms with Gasteiger partial charge in [0.25, 0.3) is 0 Å². The highest BCUT2D eigenvalue weighted by molar-refractivity contribution is 5.92. The lowest BCUT2D eigenvalue weighted by molar-refractivity contribution is -0.126. The third kappa shape index (κ3) is 3.82. The molecule has 5 rings (SSSR count). The summed E-state index contributed by atoms with van der Waals surface area (Å²) in [4.78, 5) is 14.9. The Hall–Kier alpha value is -3.15. The highest BCUT2D eigenvalue weighted by Gasteiger charge is 2.29. The molecule has 0 radical (unpaired) electrons. The van der Waals surface area contributed by atoms with Gasteiger partial charge < -0.3 is 23.8 Å². The minimum absolute atomic E-state index is 0.0134. The highest BCUT2D eigenvalue weighted by atomic mass is 16.6. The van der Waals surface area contributed by atoms with Crippen LogP contribution in [0, 0.1) is 0 Å². The molecule has 0 saturated carbocycles. The van der Waals surface area contributed by atoms with Gasteiger partial charge in [-0.25, -0.2) is 0 Å². The second-order valence-corrected chi connectivity index (χ2v) is 7.68. The van der Waals surface area contributed by atoms with Crippen molar-refractivity contribution in [3.8, 4) is 23.0 Å². The first kappa shape index (κ1) is 18.9. The number of fused-ring (bicyclic) bond motifs is 2. The molecule has 2 aromatic carbocycles. The van der Waals surface area contributed by atoms with Crippen LogP contribution < -0.4 is 18.9 Å². The van der Waals surface area contributed by atoms with Crippen LogP contribution in [0.25, 0.3) is 6.08 Å². The van der Waals surface area contributed by atoms with E-state index in [4.69, 9.17) is 18.9 Å². The molecule has 1 saturated heterocycles. The molecule has 6 nitrogen and oxygen atoms in total. The second kappa shape index (κ2) is 8.30. The third-order valence-corrected chi connectivity index (χ3v) is 5.68. The van der Waals surface area contributed by atoms with E-state index in [0.717, 1.165) is 59.9 Å². The van der Waals surface area contributed by atoms with E-state index < -0.39 is 0 Å². The van der Waals surface area contributed by atoms with E-state index in [-0.39, 0.29) is 11.9 Å². The molecule has 3 heterocycles. The van der Waals surface area contributed by atoms with Crippen LogP contribution in [0.4, 0.5) is 0 Å². The number of nitrogens with zero attached hydrogens (tertiary/aromatic N) is 1. The van der Waals surface area contributed by atoms with Crippen LogP contribution in [0.15, 0.2) is 42.5 Å². The molecule has 3 aliphatic heterocycles. The number of ether oxygens (including phenoxy) is 4. The first-order valence-electron chi connectivity index (χ1n) is 10.6. The Morgan fingerprint density at radius 1 is 0.833 bits per heavy atom. The van der Waals surface area contributed by atoms with Gasteiger partial charge in [-0.3, -0.25) is 4.79 Å². The molecule has 0 aromatic heterocycles. The van der Waals surface area contributed by atoms with Crippen LogP contribution in [0.1, 0.15) is 36.4 Å². The summed E-state index contributed by atoms with van der Waals surface area (Å²) in [6.45, 7) is 3.19. The fourth-order valence-corrected chi connectivity index (χ4v) is 4.19. The van der Waals surface area contributed by atoms with Crippen LogP contribution in [0.2, 0.25) is 0 Å². The van der Waals surface area contributed by atoms with Crippen molar-refractivity contribution >= 4 is 12.0 Å². The van der Waals surface area contributed by atoms with Gasteiger partial charge in [-0.1, -0.05) is 12.1 Å². The number of benzene rings is 2. The third-order valence-electron chi connectivity index (χ3n) is 5.68. The molecular formula is C24H25NO5. The summed E-state index contributed by atoms with van der Waals surface area (Å²) in [6, 6.07) is 11.8. The summed E-state index contributed by atoms with van der Waals surface area (Å²) in [5, 5.41) is 0. The summed E-state index contributed by atoms with van der Waals surface area (Å²) >= 11 is 0. The van der Waals surface area contributed by atoms with Crippen molar-refractivity contribution in [2.24, 2.45) is 0 Å². The van der Waals surface area contributed by atoms with Gasteiger partial charge in [0.1, 0.15) is 13.2 Å². The molecule has 0 aliphatic carbocycles. The van der Waals surface area contributed by atoms with Crippen LogP contribution in [0.5, 0.6) is 23.0 Å². The fourth-order valence-electron chi connectivity index (χ4n) is 4.19. The van der Waals surface area contributed by atoms with E-state index in [1.807, 2.05) is 47.4 Å². The highest BCUT2D eigenvalue weighted by Crippen LogP contribution is 2.38. The molecule has 0 spiro atoms. The van der Waals surface area contributed by atoms with Crippen molar-refractivity contribution in [3.63, 3.8) is 0 Å². The van der Waals surface area contributed by atoms with Crippen LogP contribution in [-0.2, 0) is 4.79 Å². The minimum Gasteiger partial charge on any atom is -0.490 e. The maximum atomic E-state index is 13.0. The zero-order valence-electron chi connectivity index (χ0n) is 16.8. The Morgan fingerprint density at radius 3 is 2.40 bits per heavy atom. The smallest absolute Gasteiger partial charge is 0.247 e. The van der Waals surface area contributed by atoms with Gasteiger partial charge in [0.2, 0.25) is 5.91 Å². The molecule has 156 valence electrons. The van der Waals surface area contributed by atoms with E-state index in [1.165, 1.54) is 0 Å². The Balaban J connectivity index is 1.31. The average molecular weight is 407 g/mol. The molecule has 2 aromatic rings. The van der Waals surface area contributed by atoms with Crippen molar-refractivity contribution in [3.05, 3.63) is 53.6 Å². The maximum absolute atomic E-state index is 13.0. The fraction of sp³-hybridized carbons (Fsp3) is 0.375. The minimum atomic E-state index is 0.0134. The molecule has 0 N–H and O–H groups in total. The molecule has 1 amide bonds. The van der Waals surface area contributed by atoms with Crippen molar-refractivity contribution in [2.75, 3.05) is 33.0 Å². The lowest BCUT2D eigenvalue weighted by Gasteiger charge is -2.26. The summed E-state index contributed by atoms with van der Waals surface area (Å²) < 4.78 is 22.7. The van der Waals surface area contributed by atoms with Crippen molar-refractivity contribution in [2.45, 2.75) is 25.3 Å². The average Bonchev–Trinajstić information content (AvgIpc) is 3.16. The number of likely N-dealkylation sites (tertiary alicyclic amines) is 1. The van der Waals surface area contributed by atoms with E-state index in [9.17, 15) is 4.79 Å². The number of rotatable bonds is 3. The molecule has 3 aliphatic rings. The monoisotopic (exact) mass is 407 g/mol. The Labute approximate surface area is 176 Å². The molecule has 0 bridgehead atoms. The normalized spacial score (nSPS) is 20.3. The van der Waals surface area contributed by atoms with E-state index in [0.29, 0.717) is 26.4 Å². The molecular weight excluding hydrogens is 382 g/mol. The number of carbonyl (C=O) groups excluding carboxylic acids is 1. The Morgan fingerprint density at radius 2 is 1.53 bits per heavy atom. The van der Waals surface area contributed by atoms with Crippen molar-refractivity contribution in [1.29, 1.82) is 0 Å². The Bertz CT molecular complexity index is 970. The lowest BCUT2D eigenvalue weighted by Crippen LogP contribution is -2.29. The van der Waals surface area contributed by atoms with Crippen LogP contribution >= 0.6 is 0 Å². The standard InChI is InChI=1S/C24H25NO5/c26-24(9-5-17-4-7-20-22(15-17)28-12-2-11-27-20)25-10-1-3-19(25)18-6-8-21-23(16-18)30-14-13-29-21/h4-9,15-16,19H,1-3,10-14H2/b9-5+/t19-/m1/s1. The van der Waals surface area contributed by atoms with Gasteiger partial charge in [-0.2, -0.15) is 0 Å². The van der Waals surface area contributed by atoms with Crippen LogP contribution in [-0.4, -0.2) is 43.8 Å². The number of hydrogen-bond donors (Lipinski definition) is 0. The van der Waals surface area contributed by atoms with Gasteiger partial charge in [0, 0.05) is 19.0 Å². The largest absolute Gasteiger partial charge is 0.490 e. The van der Waals surface area contributed by atoms with Gasteiger partial charge in [-0.15, -0.1) is 0 Å². The summed E-state index contributed by atoms with van der Waals surface area (Å²) in [6.07, 6.45) is 6.30. The maximum Gasteiger partial charge on any atom is 0.247 e. The molecule has 6 heteroatoms. The van der Waals surface area contributed by atoms with E-state index in [1.54, 1.807) is 6.08 Å². The van der Waals surface area contributed by atoms with E-state index in [2.05, 4.69) is 0 Å². The van der Waals surface area contributed by atoms with Gasteiger partial charge >= 0.3 is 0 Å². The summed E-state index contributed by atoms with van der Waals surface area (Å²) in [5.41, 5.74) is 2.01. The predicted molar refractivity (Wildman–Crippen MR) is 112 cm³/mol. The summed E-state index contributed by atoms with van der Waals surface area (Å²) in [5.74, 6) is 3.04.